The predicted molar refractivity (Wildman–Crippen MR) is 54.7 cm³/mol. The van der Waals surface area contributed by atoms with Crippen LogP contribution < -0.4 is 10.5 Å². The quantitative estimate of drug-likeness (QED) is 0.698. The second-order valence-electron chi connectivity index (χ2n) is 4.25. The minimum absolute atomic E-state index is 0.0365. The highest BCUT2D eigenvalue weighted by Crippen LogP contribution is 2.27. The molecule has 1 amide bonds. The predicted octanol–water partition coefficient (Wildman–Crippen LogP) is -0.0579. The van der Waals surface area contributed by atoms with Crippen molar-refractivity contribution in [3.05, 3.63) is 0 Å². The molecular formula is C8H16N2O4S. The van der Waals surface area contributed by atoms with E-state index in [0.717, 1.165) is 0 Å². The second kappa shape index (κ2) is 3.97. The molecule has 15 heavy (non-hydrogen) atoms. The van der Waals surface area contributed by atoms with Gasteiger partial charge in [0.25, 0.3) is 0 Å². The zero-order valence-electron chi connectivity index (χ0n) is 8.82. The summed E-state index contributed by atoms with van der Waals surface area (Å²) in [6.07, 6.45) is 0.490. The van der Waals surface area contributed by atoms with Crippen LogP contribution in [0.3, 0.4) is 0 Å². The number of hydrogen-bond acceptors (Lipinski definition) is 4. The normalized spacial score (nSPS) is 17.5. The Bertz CT molecular complexity index is 346. The largest absolute Gasteiger partial charge is 0.442 e. The third-order valence-corrected chi connectivity index (χ3v) is 3.93. The monoisotopic (exact) mass is 236 g/mol. The van der Waals surface area contributed by atoms with Crippen molar-refractivity contribution in [3.63, 3.8) is 0 Å². The van der Waals surface area contributed by atoms with Gasteiger partial charge < -0.3 is 10.5 Å². The van der Waals surface area contributed by atoms with Gasteiger partial charge in [-0.25, -0.2) is 17.9 Å². The summed E-state index contributed by atoms with van der Waals surface area (Å²) in [5, 5.41) is -0.276. The lowest BCUT2D eigenvalue weighted by Crippen LogP contribution is -2.43. The van der Waals surface area contributed by atoms with Gasteiger partial charge in [0.1, 0.15) is 5.60 Å². The fraction of sp³-hybridized carbons (Fsp3) is 0.875. The van der Waals surface area contributed by atoms with E-state index in [1.54, 1.807) is 13.8 Å². The Balaban J connectivity index is 2.44. The molecule has 3 N–H and O–H groups in total. The summed E-state index contributed by atoms with van der Waals surface area (Å²) in [7, 11) is -3.24. The minimum atomic E-state index is -3.24. The van der Waals surface area contributed by atoms with Gasteiger partial charge >= 0.3 is 6.09 Å². The van der Waals surface area contributed by atoms with Crippen LogP contribution in [0.15, 0.2) is 0 Å². The number of hydrogen-bond donors (Lipinski definition) is 2. The van der Waals surface area contributed by atoms with Crippen molar-refractivity contribution in [2.75, 3.05) is 6.54 Å². The molecule has 0 spiro atoms. The van der Waals surface area contributed by atoms with Gasteiger partial charge in [0.05, 0.1) is 11.8 Å². The molecule has 0 radical (unpaired) electrons. The molecule has 0 aromatic carbocycles. The SMILES string of the molecule is CC(C)(CNS(=O)(=O)C1CC1)OC(N)=O. The summed E-state index contributed by atoms with van der Waals surface area (Å²) in [4.78, 5) is 10.5. The molecule has 0 bridgehead atoms. The van der Waals surface area contributed by atoms with E-state index in [-0.39, 0.29) is 11.8 Å². The molecule has 0 aliphatic heterocycles. The van der Waals surface area contributed by atoms with Crippen LogP contribution in [0.5, 0.6) is 0 Å². The summed E-state index contributed by atoms with van der Waals surface area (Å²) in [6, 6.07) is 0. The lowest BCUT2D eigenvalue weighted by atomic mass is 10.1. The van der Waals surface area contributed by atoms with E-state index in [4.69, 9.17) is 10.5 Å². The van der Waals surface area contributed by atoms with E-state index >= 15 is 0 Å². The molecule has 1 rings (SSSR count). The summed E-state index contributed by atoms with van der Waals surface area (Å²) >= 11 is 0. The third-order valence-electron chi connectivity index (χ3n) is 2.04. The standard InChI is InChI=1S/C8H16N2O4S/c1-8(2,14-7(9)11)5-10-15(12,13)6-3-4-6/h6,10H,3-5H2,1-2H3,(H2,9,11). The fourth-order valence-electron chi connectivity index (χ4n) is 1.08. The molecule has 0 saturated heterocycles. The fourth-order valence-corrected chi connectivity index (χ4v) is 2.62. The first-order valence-electron chi connectivity index (χ1n) is 4.70. The van der Waals surface area contributed by atoms with E-state index in [9.17, 15) is 13.2 Å². The van der Waals surface area contributed by atoms with Gasteiger partial charge in [-0.1, -0.05) is 0 Å². The van der Waals surface area contributed by atoms with Crippen LogP contribution in [0.25, 0.3) is 0 Å². The smallest absolute Gasteiger partial charge is 0.405 e. The summed E-state index contributed by atoms with van der Waals surface area (Å²) in [5.74, 6) is 0. The molecule has 1 fully saturated rings. The Kier molecular flexibility index (Phi) is 3.25. The van der Waals surface area contributed by atoms with Crippen LogP contribution in [-0.2, 0) is 14.8 Å². The van der Waals surface area contributed by atoms with Gasteiger partial charge in [-0.2, -0.15) is 0 Å². The maximum Gasteiger partial charge on any atom is 0.405 e. The van der Waals surface area contributed by atoms with Crippen LogP contribution >= 0.6 is 0 Å². The number of primary amides is 1. The molecule has 0 aromatic rings. The topological polar surface area (TPSA) is 98.5 Å². The van der Waals surface area contributed by atoms with E-state index < -0.39 is 21.7 Å². The summed E-state index contributed by atoms with van der Waals surface area (Å²) in [6.45, 7) is 3.22. The van der Waals surface area contributed by atoms with Crippen LogP contribution in [0.4, 0.5) is 4.79 Å². The first-order chi connectivity index (χ1) is 6.73. The van der Waals surface area contributed by atoms with Crippen molar-refractivity contribution in [1.29, 1.82) is 0 Å². The van der Waals surface area contributed by atoms with Crippen LogP contribution in [0.2, 0.25) is 0 Å². The number of ether oxygens (including phenoxy) is 1. The Morgan fingerprint density at radius 1 is 1.53 bits per heavy atom. The van der Waals surface area contributed by atoms with E-state index in [2.05, 4.69) is 4.72 Å². The van der Waals surface area contributed by atoms with E-state index in [1.807, 2.05) is 0 Å². The van der Waals surface area contributed by atoms with Crippen molar-refractivity contribution in [3.8, 4) is 0 Å². The van der Waals surface area contributed by atoms with Crippen molar-refractivity contribution in [2.24, 2.45) is 5.73 Å². The highest BCUT2D eigenvalue weighted by Gasteiger charge is 2.36. The summed E-state index contributed by atoms with van der Waals surface area (Å²) < 4.78 is 30.0. The van der Waals surface area contributed by atoms with Crippen LogP contribution in [0.1, 0.15) is 26.7 Å². The average Bonchev–Trinajstić information content (AvgIpc) is 2.80. The van der Waals surface area contributed by atoms with Crippen molar-refractivity contribution >= 4 is 16.1 Å². The number of sulfonamides is 1. The lowest BCUT2D eigenvalue weighted by molar-refractivity contribution is 0.0495. The maximum atomic E-state index is 11.4. The Morgan fingerprint density at radius 2 is 2.07 bits per heavy atom. The zero-order valence-corrected chi connectivity index (χ0v) is 9.63. The Hall–Kier alpha value is -0.820. The molecule has 1 aliphatic carbocycles. The third kappa shape index (κ3) is 4.05. The molecule has 0 unspecified atom stereocenters. The van der Waals surface area contributed by atoms with Gasteiger partial charge in [0.15, 0.2) is 0 Å². The molecule has 0 aromatic heterocycles. The molecule has 88 valence electrons. The van der Waals surface area contributed by atoms with Gasteiger partial charge in [-0.3, -0.25) is 0 Å². The van der Waals surface area contributed by atoms with Crippen molar-refractivity contribution < 1.29 is 17.9 Å². The summed E-state index contributed by atoms with van der Waals surface area (Å²) in [5.41, 5.74) is 3.93. The molecule has 6 nitrogen and oxygen atoms in total. The number of nitrogens with two attached hydrogens (primary N) is 1. The zero-order chi connectivity index (χ0) is 11.7. The highest BCUT2D eigenvalue weighted by molar-refractivity contribution is 7.90. The maximum absolute atomic E-state index is 11.4. The first kappa shape index (κ1) is 12.3. The van der Waals surface area contributed by atoms with Gasteiger partial charge in [0.2, 0.25) is 10.0 Å². The van der Waals surface area contributed by atoms with Crippen LogP contribution in [0, 0.1) is 0 Å². The van der Waals surface area contributed by atoms with Gasteiger partial charge in [-0.05, 0) is 26.7 Å². The molecule has 1 saturated carbocycles. The van der Waals surface area contributed by atoms with Gasteiger partial charge in [-0.15, -0.1) is 0 Å². The minimum Gasteiger partial charge on any atom is -0.442 e. The first-order valence-corrected chi connectivity index (χ1v) is 6.24. The number of carbonyl (C=O) groups excluding carboxylic acids is 1. The lowest BCUT2D eigenvalue weighted by Gasteiger charge is -2.24. The Morgan fingerprint density at radius 3 is 2.47 bits per heavy atom. The molecule has 1 aliphatic rings. The second-order valence-corrected chi connectivity index (χ2v) is 6.29. The van der Waals surface area contributed by atoms with Crippen molar-refractivity contribution in [1.82, 2.24) is 4.72 Å². The molecular weight excluding hydrogens is 220 g/mol. The van der Waals surface area contributed by atoms with E-state index in [1.165, 1.54) is 0 Å². The average molecular weight is 236 g/mol. The van der Waals surface area contributed by atoms with Crippen LogP contribution in [-0.4, -0.2) is 31.9 Å². The molecule has 7 heteroatoms. The highest BCUT2D eigenvalue weighted by atomic mass is 32.2. The molecule has 0 heterocycles. The van der Waals surface area contributed by atoms with Gasteiger partial charge in [0, 0.05) is 0 Å². The van der Waals surface area contributed by atoms with E-state index in [0.29, 0.717) is 12.8 Å². The number of nitrogens with one attached hydrogen (secondary N) is 1. The van der Waals surface area contributed by atoms with Crippen molar-refractivity contribution in [2.45, 2.75) is 37.5 Å². The number of amides is 1. The number of rotatable bonds is 5. The molecule has 0 atom stereocenters. The number of carbonyl (C=O) groups is 1. The Labute approximate surface area is 89.2 Å².